The van der Waals surface area contributed by atoms with Gasteiger partial charge in [0.1, 0.15) is 0 Å². The van der Waals surface area contributed by atoms with Gasteiger partial charge in [0.15, 0.2) is 0 Å². The highest BCUT2D eigenvalue weighted by Crippen LogP contribution is 2.20. The third kappa shape index (κ3) is 5.03. The molecule has 3 heteroatoms. The third-order valence-electron chi connectivity index (χ3n) is 3.77. The zero-order valence-electron chi connectivity index (χ0n) is 12.4. The lowest BCUT2D eigenvalue weighted by molar-refractivity contribution is -0.138. The molecule has 0 spiro atoms. The summed E-state index contributed by atoms with van der Waals surface area (Å²) >= 11 is 0. The van der Waals surface area contributed by atoms with E-state index >= 15 is 0 Å². The predicted molar refractivity (Wildman–Crippen MR) is 78.6 cm³/mol. The van der Waals surface area contributed by atoms with Crippen molar-refractivity contribution in [2.45, 2.75) is 45.1 Å². The number of carboxylic acid groups (broad SMARTS) is 1. The van der Waals surface area contributed by atoms with Crippen LogP contribution in [0.2, 0.25) is 0 Å². The molecule has 2 unspecified atom stereocenters. The van der Waals surface area contributed by atoms with E-state index in [0.717, 1.165) is 12.8 Å². The van der Waals surface area contributed by atoms with Crippen molar-refractivity contribution in [2.24, 2.45) is 0 Å². The van der Waals surface area contributed by atoms with Gasteiger partial charge in [-0.15, -0.1) is 0 Å². The van der Waals surface area contributed by atoms with Crippen molar-refractivity contribution in [2.75, 3.05) is 14.1 Å². The molecule has 0 saturated carbocycles. The highest BCUT2D eigenvalue weighted by atomic mass is 16.4. The number of hydrogen-bond acceptors (Lipinski definition) is 2. The number of carboxylic acids is 1. The van der Waals surface area contributed by atoms with Crippen molar-refractivity contribution in [3.05, 3.63) is 35.4 Å². The summed E-state index contributed by atoms with van der Waals surface area (Å²) < 4.78 is 0. The lowest BCUT2D eigenvalue weighted by Crippen LogP contribution is -2.32. The van der Waals surface area contributed by atoms with Crippen LogP contribution in [-0.4, -0.2) is 36.1 Å². The summed E-state index contributed by atoms with van der Waals surface area (Å²) in [6.45, 7) is 4.41. The van der Waals surface area contributed by atoms with Crippen molar-refractivity contribution in [3.63, 3.8) is 0 Å². The van der Waals surface area contributed by atoms with Crippen LogP contribution in [0.5, 0.6) is 0 Å². The van der Waals surface area contributed by atoms with Gasteiger partial charge in [-0.3, -0.25) is 4.79 Å². The average Bonchev–Trinajstić information content (AvgIpc) is 2.37. The molecule has 19 heavy (non-hydrogen) atoms. The topological polar surface area (TPSA) is 40.5 Å². The van der Waals surface area contributed by atoms with Crippen molar-refractivity contribution in [1.82, 2.24) is 4.90 Å². The van der Waals surface area contributed by atoms with E-state index in [-0.39, 0.29) is 12.5 Å². The number of aliphatic carboxylic acids is 1. The Morgan fingerprint density at radius 2 is 1.84 bits per heavy atom. The van der Waals surface area contributed by atoms with Crippen molar-refractivity contribution < 1.29 is 9.90 Å². The van der Waals surface area contributed by atoms with Gasteiger partial charge in [-0.2, -0.15) is 0 Å². The van der Waals surface area contributed by atoms with E-state index in [1.54, 1.807) is 0 Å². The van der Waals surface area contributed by atoms with E-state index < -0.39 is 5.97 Å². The van der Waals surface area contributed by atoms with Crippen LogP contribution in [0.3, 0.4) is 0 Å². The number of rotatable bonds is 7. The van der Waals surface area contributed by atoms with Gasteiger partial charge in [-0.05, 0) is 44.0 Å². The predicted octanol–water partition coefficient (Wildman–Crippen LogP) is 3.15. The molecule has 0 bridgehead atoms. The first-order chi connectivity index (χ1) is 8.93. The molecule has 0 aromatic heterocycles. The molecule has 0 aliphatic heterocycles. The van der Waals surface area contributed by atoms with Crippen LogP contribution in [0.15, 0.2) is 24.3 Å². The molecule has 1 N–H and O–H groups in total. The Hall–Kier alpha value is -1.35. The van der Waals surface area contributed by atoms with Gasteiger partial charge in [-0.1, -0.05) is 38.1 Å². The molecule has 1 aromatic rings. The van der Waals surface area contributed by atoms with Crippen molar-refractivity contribution in [1.29, 1.82) is 0 Å². The van der Waals surface area contributed by atoms with Crippen LogP contribution in [0.25, 0.3) is 0 Å². The summed E-state index contributed by atoms with van der Waals surface area (Å²) in [6, 6.07) is 8.63. The Labute approximate surface area is 116 Å². The minimum Gasteiger partial charge on any atom is -0.481 e. The molecular weight excluding hydrogens is 238 g/mol. The Morgan fingerprint density at radius 1 is 1.26 bits per heavy atom. The van der Waals surface area contributed by atoms with Gasteiger partial charge in [0.2, 0.25) is 0 Å². The molecular formula is C16H25NO2. The molecule has 0 amide bonds. The summed E-state index contributed by atoms with van der Waals surface area (Å²) in [5, 5.41) is 8.93. The van der Waals surface area contributed by atoms with Crippen LogP contribution in [-0.2, 0) is 11.2 Å². The number of hydrogen-bond donors (Lipinski definition) is 1. The molecule has 2 atom stereocenters. The third-order valence-corrected chi connectivity index (χ3v) is 3.77. The first-order valence-corrected chi connectivity index (χ1v) is 6.91. The van der Waals surface area contributed by atoms with Gasteiger partial charge in [0.25, 0.3) is 0 Å². The van der Waals surface area contributed by atoms with E-state index in [9.17, 15) is 4.79 Å². The molecule has 0 heterocycles. The fourth-order valence-electron chi connectivity index (χ4n) is 2.13. The highest BCUT2D eigenvalue weighted by molar-refractivity contribution is 5.67. The van der Waals surface area contributed by atoms with Gasteiger partial charge in [0.05, 0.1) is 6.42 Å². The van der Waals surface area contributed by atoms with Gasteiger partial charge in [0, 0.05) is 6.04 Å². The Morgan fingerprint density at radius 3 is 2.26 bits per heavy atom. The summed E-state index contributed by atoms with van der Waals surface area (Å²) in [7, 11) is 3.86. The molecule has 1 rings (SSSR count). The molecule has 0 fully saturated rings. The number of nitrogens with zero attached hydrogens (tertiary/aromatic N) is 1. The summed E-state index contributed by atoms with van der Waals surface area (Å²) in [4.78, 5) is 12.8. The Bertz CT molecular complexity index is 398. The van der Waals surface area contributed by atoms with Crippen LogP contribution in [0.1, 0.15) is 43.7 Å². The monoisotopic (exact) mass is 263 g/mol. The van der Waals surface area contributed by atoms with Crippen LogP contribution in [0.4, 0.5) is 0 Å². The van der Waals surface area contributed by atoms with Gasteiger partial charge >= 0.3 is 5.97 Å². The van der Waals surface area contributed by atoms with Gasteiger partial charge in [-0.25, -0.2) is 0 Å². The van der Waals surface area contributed by atoms with Crippen molar-refractivity contribution >= 4 is 5.97 Å². The molecule has 0 saturated heterocycles. The van der Waals surface area contributed by atoms with Crippen LogP contribution >= 0.6 is 0 Å². The number of benzene rings is 1. The largest absolute Gasteiger partial charge is 0.481 e. The van der Waals surface area contributed by atoms with E-state index in [1.165, 1.54) is 11.1 Å². The molecule has 1 aromatic carbocycles. The minimum atomic E-state index is -0.741. The summed E-state index contributed by atoms with van der Waals surface area (Å²) in [5.74, 6) is -0.160. The zero-order chi connectivity index (χ0) is 14.4. The first-order valence-electron chi connectivity index (χ1n) is 6.91. The average molecular weight is 263 g/mol. The first kappa shape index (κ1) is 15.7. The van der Waals surface area contributed by atoms with Crippen LogP contribution in [0, 0.1) is 0 Å². The van der Waals surface area contributed by atoms with Crippen LogP contribution < -0.4 is 0 Å². The van der Waals surface area contributed by atoms with E-state index in [4.69, 9.17) is 5.11 Å². The van der Waals surface area contributed by atoms with Crippen molar-refractivity contribution in [3.8, 4) is 0 Å². The normalized spacial score (nSPS) is 14.4. The molecule has 106 valence electrons. The maximum Gasteiger partial charge on any atom is 0.304 e. The smallest absolute Gasteiger partial charge is 0.304 e. The number of likely N-dealkylation sites (N-methyl/N-ethyl adjacent to an activating group) is 1. The highest BCUT2D eigenvalue weighted by Gasteiger charge is 2.16. The number of carbonyl (C=O) groups is 1. The molecule has 0 aliphatic carbocycles. The molecule has 0 aliphatic rings. The Balaban J connectivity index is 2.72. The lowest BCUT2D eigenvalue weighted by Gasteiger charge is -2.23. The fraction of sp³-hybridized carbons (Fsp3) is 0.562. The zero-order valence-corrected chi connectivity index (χ0v) is 12.4. The second-order valence-electron chi connectivity index (χ2n) is 5.47. The maximum absolute atomic E-state index is 10.9. The van der Waals surface area contributed by atoms with E-state index in [2.05, 4.69) is 38.1 Å². The second kappa shape index (κ2) is 7.29. The summed E-state index contributed by atoms with van der Waals surface area (Å²) in [5.41, 5.74) is 2.55. The molecule has 0 radical (unpaired) electrons. The minimum absolute atomic E-state index is 0.0481. The SMILES string of the molecule is CCC(C)c1ccc(CC(CC(=O)O)N(C)C)cc1. The van der Waals surface area contributed by atoms with E-state index in [0.29, 0.717) is 5.92 Å². The summed E-state index contributed by atoms with van der Waals surface area (Å²) in [6.07, 6.45) is 2.10. The Kier molecular flexibility index (Phi) is 6.03. The lowest BCUT2D eigenvalue weighted by atomic mass is 9.95. The fourth-order valence-corrected chi connectivity index (χ4v) is 2.13. The van der Waals surface area contributed by atoms with Gasteiger partial charge < -0.3 is 10.0 Å². The standard InChI is InChI=1S/C16H25NO2/c1-5-12(2)14-8-6-13(7-9-14)10-15(17(3)4)11-16(18)19/h6-9,12,15H,5,10-11H2,1-4H3,(H,18,19). The maximum atomic E-state index is 10.9. The second-order valence-corrected chi connectivity index (χ2v) is 5.47. The quantitative estimate of drug-likeness (QED) is 0.821. The molecule has 3 nitrogen and oxygen atoms in total. The van der Waals surface area contributed by atoms with E-state index in [1.807, 2.05) is 19.0 Å².